The van der Waals surface area contributed by atoms with Crippen LogP contribution in [0.1, 0.15) is 65.8 Å². The molecular formula is C26H40N6O2. The van der Waals surface area contributed by atoms with Crippen LogP contribution < -0.4 is 16.4 Å². The molecule has 0 radical (unpaired) electrons. The van der Waals surface area contributed by atoms with E-state index in [1.807, 2.05) is 38.4 Å². The molecule has 8 nitrogen and oxygen atoms in total. The molecule has 2 amide bonds. The topological polar surface area (TPSA) is 107 Å². The molecular weight excluding hydrogens is 428 g/mol. The monoisotopic (exact) mass is 468 g/mol. The van der Waals surface area contributed by atoms with Crippen molar-refractivity contribution >= 4 is 33.8 Å². The Kier molecular flexibility index (Phi) is 9.51. The van der Waals surface area contributed by atoms with Gasteiger partial charge in [0.05, 0.1) is 30.0 Å². The fourth-order valence-corrected chi connectivity index (χ4v) is 4.45. The van der Waals surface area contributed by atoms with E-state index in [1.54, 1.807) is 0 Å². The van der Waals surface area contributed by atoms with Gasteiger partial charge in [-0.3, -0.25) is 0 Å². The van der Waals surface area contributed by atoms with Gasteiger partial charge in [0.1, 0.15) is 5.52 Å². The highest BCUT2D eigenvalue weighted by atomic mass is 16.5. The lowest BCUT2D eigenvalue weighted by atomic mass is 9.96. The second-order valence-electron chi connectivity index (χ2n) is 9.29. The number of imidazole rings is 1. The Morgan fingerprint density at radius 1 is 1.18 bits per heavy atom. The van der Waals surface area contributed by atoms with Crippen LogP contribution in [0.15, 0.2) is 30.6 Å². The fraction of sp³-hybridized carbons (Fsp3) is 0.577. The lowest BCUT2D eigenvalue weighted by molar-refractivity contribution is 0.0890. The molecule has 0 aliphatic rings. The van der Waals surface area contributed by atoms with Crippen LogP contribution in [0.2, 0.25) is 0 Å². The van der Waals surface area contributed by atoms with Gasteiger partial charge in [0.25, 0.3) is 0 Å². The van der Waals surface area contributed by atoms with E-state index >= 15 is 0 Å². The van der Waals surface area contributed by atoms with E-state index < -0.39 is 0 Å². The average molecular weight is 469 g/mol. The minimum absolute atomic E-state index is 0.0943. The van der Waals surface area contributed by atoms with E-state index in [4.69, 9.17) is 10.5 Å². The molecule has 0 fully saturated rings. The number of nitrogens with zero attached hydrogens (tertiary/aromatic N) is 3. The van der Waals surface area contributed by atoms with Crippen LogP contribution in [-0.2, 0) is 4.74 Å². The quantitative estimate of drug-likeness (QED) is 0.305. The van der Waals surface area contributed by atoms with Crippen LogP contribution >= 0.6 is 0 Å². The largest absolute Gasteiger partial charge is 0.382 e. The number of amides is 2. The van der Waals surface area contributed by atoms with Gasteiger partial charge in [0.15, 0.2) is 5.82 Å². The van der Waals surface area contributed by atoms with E-state index in [-0.39, 0.29) is 18.1 Å². The van der Waals surface area contributed by atoms with E-state index in [0.29, 0.717) is 31.5 Å². The number of nitrogens with two attached hydrogens (primary N) is 1. The number of pyridine rings is 1. The van der Waals surface area contributed by atoms with Crippen molar-refractivity contribution in [3.05, 3.63) is 30.6 Å². The Labute approximate surface area is 202 Å². The maximum atomic E-state index is 11.8. The summed E-state index contributed by atoms with van der Waals surface area (Å²) in [5.41, 5.74) is 8.84. The Hall–Kier alpha value is -2.87. The lowest BCUT2D eigenvalue weighted by Gasteiger charge is -2.21. The fourth-order valence-electron chi connectivity index (χ4n) is 4.45. The number of benzene rings is 1. The number of rotatable bonds is 13. The number of para-hydroxylation sites is 1. The normalized spacial score (nSPS) is 13.4. The summed E-state index contributed by atoms with van der Waals surface area (Å²) in [5, 5.41) is 6.88. The highest BCUT2D eigenvalue weighted by Gasteiger charge is 2.18. The van der Waals surface area contributed by atoms with Crippen molar-refractivity contribution in [2.24, 2.45) is 5.92 Å². The smallest absolute Gasteiger partial charge is 0.314 e. The first-order valence-corrected chi connectivity index (χ1v) is 12.6. The summed E-state index contributed by atoms with van der Waals surface area (Å²) >= 11 is 0. The number of carbonyl (C=O) groups is 1. The number of nitrogen functional groups attached to an aromatic ring is 1. The van der Waals surface area contributed by atoms with E-state index in [1.165, 1.54) is 0 Å². The summed E-state index contributed by atoms with van der Waals surface area (Å²) < 4.78 is 8.35. The third-order valence-electron chi connectivity index (χ3n) is 6.24. The van der Waals surface area contributed by atoms with Crippen molar-refractivity contribution in [3.8, 4) is 0 Å². The van der Waals surface area contributed by atoms with Crippen LogP contribution in [0.25, 0.3) is 21.9 Å². The molecule has 3 aromatic rings. The van der Waals surface area contributed by atoms with Gasteiger partial charge in [-0.1, -0.05) is 44.9 Å². The van der Waals surface area contributed by atoms with E-state index in [9.17, 15) is 4.79 Å². The molecule has 0 saturated carbocycles. The third-order valence-corrected chi connectivity index (χ3v) is 6.24. The second kappa shape index (κ2) is 12.6. The summed E-state index contributed by atoms with van der Waals surface area (Å²) in [4.78, 5) is 20.9. The number of carbonyl (C=O) groups excluding carboxylic acids is 1. The highest BCUT2D eigenvalue weighted by molar-refractivity contribution is 6.06. The zero-order chi connectivity index (χ0) is 24.5. The van der Waals surface area contributed by atoms with E-state index in [0.717, 1.165) is 54.0 Å². The SMILES string of the molecule is CCCC(CCNC(=O)NC(C)C)CCOCC(CC)n1cnc2c(N)nc3ccccc3c21. The van der Waals surface area contributed by atoms with Gasteiger partial charge in [-0.25, -0.2) is 14.8 Å². The molecule has 0 aliphatic heterocycles. The standard InChI is InChI=1S/C26H40N6O2/c1-5-9-19(12-14-28-26(33)30-18(3)4)13-15-34-16-20(6-2)32-17-29-23-24(32)21-10-7-8-11-22(21)31-25(23)27/h7-8,10-11,17-20H,5-6,9,12-16H2,1-4H3,(H2,27,31)(H2,28,30,33). The summed E-state index contributed by atoms with van der Waals surface area (Å²) in [6, 6.07) is 8.26. The van der Waals surface area contributed by atoms with E-state index in [2.05, 4.69) is 45.1 Å². The summed E-state index contributed by atoms with van der Waals surface area (Å²) in [5.74, 6) is 0.995. The molecule has 8 heteroatoms. The van der Waals surface area contributed by atoms with Crippen LogP contribution in [0.4, 0.5) is 10.6 Å². The molecule has 0 bridgehead atoms. The number of fused-ring (bicyclic) bond motifs is 3. The maximum absolute atomic E-state index is 11.8. The molecule has 3 rings (SSSR count). The molecule has 0 aliphatic carbocycles. The van der Waals surface area contributed by atoms with Crippen molar-refractivity contribution < 1.29 is 9.53 Å². The number of hydrogen-bond donors (Lipinski definition) is 3. The first kappa shape index (κ1) is 25.7. The molecule has 2 heterocycles. The molecule has 0 spiro atoms. The van der Waals surface area contributed by atoms with Gasteiger partial charge < -0.3 is 25.7 Å². The first-order chi connectivity index (χ1) is 16.4. The maximum Gasteiger partial charge on any atom is 0.314 e. The van der Waals surface area contributed by atoms with Gasteiger partial charge in [-0.15, -0.1) is 0 Å². The minimum atomic E-state index is -0.0943. The molecule has 2 unspecified atom stereocenters. The average Bonchev–Trinajstić information content (AvgIpc) is 3.24. The molecule has 4 N–H and O–H groups in total. The predicted octanol–water partition coefficient (Wildman–Crippen LogP) is 5.04. The molecule has 2 atom stereocenters. The van der Waals surface area contributed by atoms with Crippen molar-refractivity contribution in [1.82, 2.24) is 25.2 Å². The van der Waals surface area contributed by atoms with Gasteiger partial charge >= 0.3 is 6.03 Å². The molecule has 34 heavy (non-hydrogen) atoms. The molecule has 1 aromatic carbocycles. The number of nitrogens with one attached hydrogen (secondary N) is 2. The number of urea groups is 1. The summed E-state index contributed by atoms with van der Waals surface area (Å²) in [7, 11) is 0. The van der Waals surface area contributed by atoms with Crippen LogP contribution in [0.5, 0.6) is 0 Å². The zero-order valence-electron chi connectivity index (χ0n) is 21.0. The first-order valence-electron chi connectivity index (χ1n) is 12.6. The number of ether oxygens (including phenoxy) is 1. The van der Waals surface area contributed by atoms with Gasteiger partial charge in [-0.2, -0.15) is 0 Å². The Morgan fingerprint density at radius 2 is 1.97 bits per heavy atom. The van der Waals surface area contributed by atoms with Crippen molar-refractivity contribution in [1.29, 1.82) is 0 Å². The number of hydrogen-bond acceptors (Lipinski definition) is 5. The number of anilines is 1. The summed E-state index contributed by atoms with van der Waals surface area (Å²) in [6.07, 6.45) is 7.00. The molecule has 0 saturated heterocycles. The van der Waals surface area contributed by atoms with Gasteiger partial charge in [-0.05, 0) is 45.1 Å². The highest BCUT2D eigenvalue weighted by Crippen LogP contribution is 2.30. The Morgan fingerprint density at radius 3 is 2.71 bits per heavy atom. The Balaban J connectivity index is 1.57. The van der Waals surface area contributed by atoms with Crippen LogP contribution in [0.3, 0.4) is 0 Å². The van der Waals surface area contributed by atoms with Gasteiger partial charge in [0.2, 0.25) is 0 Å². The van der Waals surface area contributed by atoms with Crippen molar-refractivity contribution in [2.75, 3.05) is 25.5 Å². The molecule has 2 aromatic heterocycles. The lowest BCUT2D eigenvalue weighted by Crippen LogP contribution is -2.40. The predicted molar refractivity (Wildman–Crippen MR) is 139 cm³/mol. The van der Waals surface area contributed by atoms with Crippen LogP contribution in [-0.4, -0.2) is 46.4 Å². The third kappa shape index (κ3) is 6.59. The minimum Gasteiger partial charge on any atom is -0.382 e. The molecule has 186 valence electrons. The number of aromatic nitrogens is 3. The zero-order valence-corrected chi connectivity index (χ0v) is 21.0. The summed E-state index contributed by atoms with van der Waals surface area (Å²) in [6.45, 7) is 10.3. The van der Waals surface area contributed by atoms with Crippen LogP contribution in [0, 0.1) is 5.92 Å². The van der Waals surface area contributed by atoms with Gasteiger partial charge in [0, 0.05) is 24.6 Å². The van der Waals surface area contributed by atoms with Crippen molar-refractivity contribution in [2.45, 2.75) is 71.9 Å². The van der Waals surface area contributed by atoms with Crippen molar-refractivity contribution in [3.63, 3.8) is 0 Å². The second-order valence-corrected chi connectivity index (χ2v) is 9.29. The Bertz CT molecular complexity index is 1060.